The van der Waals surface area contributed by atoms with Crippen LogP contribution in [0.2, 0.25) is 0 Å². The second-order valence-electron chi connectivity index (χ2n) is 16.0. The van der Waals surface area contributed by atoms with E-state index >= 15 is 0 Å². The molecule has 0 heterocycles. The van der Waals surface area contributed by atoms with E-state index in [-0.39, 0.29) is 37.5 Å². The Morgan fingerprint density at radius 3 is 1.14 bits per heavy atom. The first-order chi connectivity index (χ1) is 28.5. The summed E-state index contributed by atoms with van der Waals surface area (Å²) >= 11 is 0. The van der Waals surface area contributed by atoms with Crippen LogP contribution in [0, 0.1) is 0 Å². The fraction of sp³-hybridized carbons (Fsp3) is 0.750. The minimum absolute atomic E-state index is 0.0979. The molecule has 0 aliphatic heterocycles. The maximum absolute atomic E-state index is 12.7. The average molecular weight is 811 g/mol. The summed E-state index contributed by atoms with van der Waals surface area (Å²) in [4.78, 5) is 37.8. The first-order valence-corrected chi connectivity index (χ1v) is 24.3. The maximum atomic E-state index is 12.7. The molecule has 0 aromatic rings. The largest absolute Gasteiger partial charge is 0.462 e. The molecule has 0 spiro atoms. The van der Waals surface area contributed by atoms with Gasteiger partial charge in [0.15, 0.2) is 6.10 Å². The summed E-state index contributed by atoms with van der Waals surface area (Å²) in [5.41, 5.74) is 0. The first-order valence-electron chi connectivity index (χ1n) is 24.3. The quantitative estimate of drug-likeness (QED) is 0.0264. The number of ether oxygens (including phenoxy) is 3. The van der Waals surface area contributed by atoms with Crippen LogP contribution in [0.3, 0.4) is 0 Å². The molecule has 0 aliphatic rings. The summed E-state index contributed by atoms with van der Waals surface area (Å²) in [6, 6.07) is 0. The molecule has 0 saturated heterocycles. The number of esters is 3. The predicted molar refractivity (Wildman–Crippen MR) is 247 cm³/mol. The number of unbranched alkanes of at least 4 members (excludes halogenated alkanes) is 22. The first kappa shape index (κ1) is 55.1. The van der Waals surface area contributed by atoms with Gasteiger partial charge in [-0.1, -0.05) is 178 Å². The van der Waals surface area contributed by atoms with Gasteiger partial charge in [0.2, 0.25) is 0 Å². The van der Waals surface area contributed by atoms with E-state index in [1.54, 1.807) is 0 Å². The van der Waals surface area contributed by atoms with E-state index in [1.165, 1.54) is 103 Å². The van der Waals surface area contributed by atoms with Crippen molar-refractivity contribution in [1.82, 2.24) is 0 Å². The zero-order valence-corrected chi connectivity index (χ0v) is 38.0. The molecule has 0 rings (SSSR count). The van der Waals surface area contributed by atoms with Gasteiger partial charge in [0.05, 0.1) is 0 Å². The molecular weight excluding hydrogens is 721 g/mol. The summed E-state index contributed by atoms with van der Waals surface area (Å²) in [5, 5.41) is 0. The molecule has 0 fully saturated rings. The Hall–Kier alpha value is -2.89. The van der Waals surface area contributed by atoms with Crippen LogP contribution in [0.25, 0.3) is 0 Å². The molecule has 334 valence electrons. The van der Waals surface area contributed by atoms with Gasteiger partial charge in [-0.25, -0.2) is 0 Å². The molecule has 0 N–H and O–H groups in total. The van der Waals surface area contributed by atoms with Crippen LogP contribution in [0.1, 0.15) is 233 Å². The number of carbonyl (C=O) groups is 3. The topological polar surface area (TPSA) is 78.9 Å². The lowest BCUT2D eigenvalue weighted by molar-refractivity contribution is -0.167. The van der Waals surface area contributed by atoms with E-state index in [1.807, 2.05) is 0 Å². The molecule has 6 nitrogen and oxygen atoms in total. The van der Waals surface area contributed by atoms with Crippen LogP contribution in [0.4, 0.5) is 0 Å². The minimum atomic E-state index is -0.799. The van der Waals surface area contributed by atoms with Crippen molar-refractivity contribution in [2.24, 2.45) is 0 Å². The monoisotopic (exact) mass is 811 g/mol. The van der Waals surface area contributed by atoms with Gasteiger partial charge >= 0.3 is 17.9 Å². The molecule has 0 bridgehead atoms. The summed E-state index contributed by atoms with van der Waals surface area (Å²) < 4.78 is 16.7. The van der Waals surface area contributed by atoms with Crippen LogP contribution < -0.4 is 0 Å². The molecule has 1 unspecified atom stereocenters. The van der Waals surface area contributed by atoms with Gasteiger partial charge < -0.3 is 14.2 Å². The van der Waals surface area contributed by atoms with Gasteiger partial charge in [-0.2, -0.15) is 0 Å². The van der Waals surface area contributed by atoms with Crippen LogP contribution in [0.5, 0.6) is 0 Å². The van der Waals surface area contributed by atoms with Gasteiger partial charge in [-0.05, 0) is 96.3 Å². The molecule has 0 saturated carbocycles. The third-order valence-electron chi connectivity index (χ3n) is 10.2. The summed E-state index contributed by atoms with van der Waals surface area (Å²) in [7, 11) is 0. The highest BCUT2D eigenvalue weighted by molar-refractivity contribution is 5.71. The highest BCUT2D eigenvalue weighted by atomic mass is 16.6. The Morgan fingerprint density at radius 2 is 0.655 bits per heavy atom. The number of hydrogen-bond donors (Lipinski definition) is 0. The third kappa shape index (κ3) is 44.2. The van der Waals surface area contributed by atoms with Crippen molar-refractivity contribution in [2.75, 3.05) is 13.2 Å². The third-order valence-corrected chi connectivity index (χ3v) is 10.2. The Kier molecular flexibility index (Phi) is 44.5. The predicted octanol–water partition coefficient (Wildman–Crippen LogP) is 15.7. The van der Waals surface area contributed by atoms with E-state index in [4.69, 9.17) is 14.2 Å². The second-order valence-corrected chi connectivity index (χ2v) is 16.0. The fourth-order valence-corrected chi connectivity index (χ4v) is 6.49. The van der Waals surface area contributed by atoms with E-state index in [9.17, 15) is 14.4 Å². The van der Waals surface area contributed by atoms with Gasteiger partial charge in [-0.3, -0.25) is 14.4 Å². The van der Waals surface area contributed by atoms with Crippen LogP contribution >= 0.6 is 0 Å². The summed E-state index contributed by atoms with van der Waals surface area (Å²) in [6.45, 7) is 6.50. The van der Waals surface area contributed by atoms with Gasteiger partial charge in [0.1, 0.15) is 13.2 Å². The molecule has 0 radical (unpaired) electrons. The SMILES string of the molecule is CCCC/C=C\CCCCCCCC(=O)OCC(COC(=O)CCC/C=C\C/C=C\C/C=C\CCCCCCCC)OC(=O)CCCCCCC/C=C\CCCCC. The highest BCUT2D eigenvalue weighted by Gasteiger charge is 2.19. The van der Waals surface area contributed by atoms with Crippen molar-refractivity contribution in [3.05, 3.63) is 60.8 Å². The van der Waals surface area contributed by atoms with E-state index in [0.29, 0.717) is 19.3 Å². The fourth-order valence-electron chi connectivity index (χ4n) is 6.49. The lowest BCUT2D eigenvalue weighted by Crippen LogP contribution is -2.30. The number of rotatable bonds is 43. The van der Waals surface area contributed by atoms with E-state index in [0.717, 1.165) is 83.5 Å². The molecular formula is C52H90O6. The molecule has 0 aliphatic carbocycles. The highest BCUT2D eigenvalue weighted by Crippen LogP contribution is 2.13. The number of hydrogen-bond acceptors (Lipinski definition) is 6. The number of carbonyl (C=O) groups excluding carboxylic acids is 3. The van der Waals surface area contributed by atoms with Crippen molar-refractivity contribution < 1.29 is 28.6 Å². The van der Waals surface area contributed by atoms with E-state index < -0.39 is 6.10 Å². The van der Waals surface area contributed by atoms with Crippen molar-refractivity contribution >= 4 is 17.9 Å². The minimum Gasteiger partial charge on any atom is -0.462 e. The molecule has 0 amide bonds. The normalized spacial score (nSPS) is 12.5. The number of allylic oxidation sites excluding steroid dienone is 10. The zero-order valence-electron chi connectivity index (χ0n) is 38.0. The van der Waals surface area contributed by atoms with Crippen LogP contribution in [-0.2, 0) is 28.6 Å². The lowest BCUT2D eigenvalue weighted by atomic mass is 10.1. The smallest absolute Gasteiger partial charge is 0.306 e. The van der Waals surface area contributed by atoms with Crippen molar-refractivity contribution in [1.29, 1.82) is 0 Å². The molecule has 0 aromatic heterocycles. The second kappa shape index (κ2) is 46.8. The van der Waals surface area contributed by atoms with Crippen LogP contribution in [0.15, 0.2) is 60.8 Å². The summed E-state index contributed by atoms with van der Waals surface area (Å²) in [5.74, 6) is -0.972. The Balaban J connectivity index is 4.46. The standard InChI is InChI=1S/C52H90O6/c1-4-7-10-13-16-19-22-24-25-26-27-28-31-33-36-39-42-45-51(54)57-48-49(47-56-50(53)44-41-38-35-32-29-21-18-15-12-9-6-3)58-52(55)46-43-40-37-34-30-23-20-17-14-11-8-5-2/h15,17-18,20,24-25,27-28,33,36,49H,4-14,16,19,21-23,26,29-32,34-35,37-48H2,1-3H3/b18-15-,20-17-,25-24-,28-27-,36-33-. The Bertz CT molecular complexity index is 1070. The van der Waals surface area contributed by atoms with Gasteiger partial charge in [-0.15, -0.1) is 0 Å². The Morgan fingerprint density at radius 1 is 0.345 bits per heavy atom. The average Bonchev–Trinajstić information content (AvgIpc) is 3.22. The lowest BCUT2D eigenvalue weighted by Gasteiger charge is -2.18. The Labute approximate surface area is 358 Å². The van der Waals surface area contributed by atoms with Gasteiger partial charge in [0.25, 0.3) is 0 Å². The molecule has 58 heavy (non-hydrogen) atoms. The molecule has 1 atom stereocenters. The van der Waals surface area contributed by atoms with Gasteiger partial charge in [0, 0.05) is 19.3 Å². The van der Waals surface area contributed by atoms with Crippen LogP contribution in [-0.4, -0.2) is 37.2 Å². The summed E-state index contributed by atoms with van der Waals surface area (Å²) in [6.07, 6.45) is 56.4. The van der Waals surface area contributed by atoms with Crippen molar-refractivity contribution in [3.8, 4) is 0 Å². The molecule has 6 heteroatoms. The van der Waals surface area contributed by atoms with Crippen molar-refractivity contribution in [3.63, 3.8) is 0 Å². The zero-order chi connectivity index (χ0) is 42.3. The van der Waals surface area contributed by atoms with E-state index in [2.05, 4.69) is 81.5 Å². The maximum Gasteiger partial charge on any atom is 0.306 e. The molecule has 0 aromatic carbocycles. The van der Waals surface area contributed by atoms with Crippen molar-refractivity contribution in [2.45, 2.75) is 239 Å².